The number of hydrogen-bond donors (Lipinski definition) is 2. The van der Waals surface area contributed by atoms with Crippen LogP contribution in [-0.4, -0.2) is 45.0 Å². The van der Waals surface area contributed by atoms with Crippen LogP contribution in [0.15, 0.2) is 4.99 Å². The smallest absolute Gasteiger partial charge is 0.192 e. The Balaban J connectivity index is 0.00000196. The maximum atomic E-state index is 6.16. The van der Waals surface area contributed by atoms with Gasteiger partial charge in [0.1, 0.15) is 12.4 Å². The standard InChI is InChI=1S/C18H30N6O.HI/c1-13-22-23-16(24(13)2)12-19-17(20-14-5-6-14)21-15-7-10-25-18(11-15)8-3-4-9-18;/h14-15H,3-12H2,1-2H3,(H2,19,20,21);1H. The molecule has 3 fully saturated rings. The number of aromatic nitrogens is 3. The third-order valence-electron chi connectivity index (χ3n) is 5.83. The second kappa shape index (κ2) is 8.41. The molecule has 1 atom stereocenters. The molecule has 2 heterocycles. The molecule has 0 amide bonds. The summed E-state index contributed by atoms with van der Waals surface area (Å²) in [5, 5.41) is 15.6. The maximum Gasteiger partial charge on any atom is 0.192 e. The molecule has 4 rings (SSSR count). The minimum absolute atomic E-state index is 0. The molecule has 2 aliphatic carbocycles. The van der Waals surface area contributed by atoms with Crippen LogP contribution in [0.3, 0.4) is 0 Å². The van der Waals surface area contributed by atoms with E-state index in [0.717, 1.165) is 37.1 Å². The van der Waals surface area contributed by atoms with Crippen LogP contribution in [-0.2, 0) is 18.3 Å². The predicted octanol–water partition coefficient (Wildman–Crippen LogP) is 2.43. The molecule has 1 aromatic heterocycles. The van der Waals surface area contributed by atoms with Crippen LogP contribution < -0.4 is 10.6 Å². The van der Waals surface area contributed by atoms with Gasteiger partial charge in [0.25, 0.3) is 0 Å². The van der Waals surface area contributed by atoms with Gasteiger partial charge in [-0.15, -0.1) is 34.2 Å². The Kier molecular flexibility index (Phi) is 6.42. The number of hydrogen-bond acceptors (Lipinski definition) is 4. The highest BCUT2D eigenvalue weighted by Crippen LogP contribution is 2.39. The van der Waals surface area contributed by atoms with Gasteiger partial charge in [-0.1, -0.05) is 12.8 Å². The monoisotopic (exact) mass is 474 g/mol. The van der Waals surface area contributed by atoms with Crippen LogP contribution in [0.2, 0.25) is 0 Å². The van der Waals surface area contributed by atoms with Gasteiger partial charge in [-0.2, -0.15) is 0 Å². The SMILES string of the molecule is Cc1nnc(CN=C(NC2CC2)NC2CCOC3(CCCC3)C2)n1C.I. The van der Waals surface area contributed by atoms with Crippen LogP contribution in [0.5, 0.6) is 0 Å². The molecule has 8 heteroatoms. The molecule has 1 unspecified atom stereocenters. The summed E-state index contributed by atoms with van der Waals surface area (Å²) in [7, 11) is 1.99. The van der Waals surface area contributed by atoms with E-state index in [1.807, 2.05) is 18.5 Å². The van der Waals surface area contributed by atoms with Crippen molar-refractivity contribution in [2.24, 2.45) is 12.0 Å². The van der Waals surface area contributed by atoms with E-state index in [1.165, 1.54) is 38.5 Å². The van der Waals surface area contributed by atoms with Crippen molar-refractivity contribution in [2.45, 2.75) is 82.5 Å². The number of aliphatic imine (C=N–C) groups is 1. The van der Waals surface area contributed by atoms with Gasteiger partial charge in [0.15, 0.2) is 11.8 Å². The van der Waals surface area contributed by atoms with E-state index < -0.39 is 0 Å². The topological polar surface area (TPSA) is 76.4 Å². The molecular formula is C18H31IN6O. The van der Waals surface area contributed by atoms with Crippen molar-refractivity contribution < 1.29 is 4.74 Å². The highest BCUT2D eigenvalue weighted by atomic mass is 127. The number of aryl methyl sites for hydroxylation is 1. The van der Waals surface area contributed by atoms with Gasteiger partial charge < -0.3 is 19.9 Å². The summed E-state index contributed by atoms with van der Waals surface area (Å²) >= 11 is 0. The third kappa shape index (κ3) is 4.68. The lowest BCUT2D eigenvalue weighted by Crippen LogP contribution is -2.51. The van der Waals surface area contributed by atoms with Crippen molar-refractivity contribution in [1.82, 2.24) is 25.4 Å². The molecule has 7 nitrogen and oxygen atoms in total. The van der Waals surface area contributed by atoms with Crippen molar-refractivity contribution in [3.63, 3.8) is 0 Å². The lowest BCUT2D eigenvalue weighted by molar-refractivity contribution is -0.0815. The summed E-state index contributed by atoms with van der Waals surface area (Å²) in [4.78, 5) is 4.79. The van der Waals surface area contributed by atoms with Gasteiger partial charge in [-0.3, -0.25) is 0 Å². The van der Waals surface area contributed by atoms with Crippen LogP contribution in [0, 0.1) is 6.92 Å². The van der Waals surface area contributed by atoms with Gasteiger partial charge in [-0.05, 0) is 45.4 Å². The van der Waals surface area contributed by atoms with E-state index in [9.17, 15) is 0 Å². The predicted molar refractivity (Wildman–Crippen MR) is 112 cm³/mol. The van der Waals surface area contributed by atoms with Crippen molar-refractivity contribution in [2.75, 3.05) is 6.61 Å². The van der Waals surface area contributed by atoms with Gasteiger partial charge in [0, 0.05) is 25.7 Å². The first-order valence-electron chi connectivity index (χ1n) is 9.70. The first-order chi connectivity index (χ1) is 12.1. The number of guanidine groups is 1. The van der Waals surface area contributed by atoms with Gasteiger partial charge >= 0.3 is 0 Å². The fraction of sp³-hybridized carbons (Fsp3) is 0.833. The average Bonchev–Trinajstić information content (AvgIpc) is 3.22. The number of rotatable bonds is 4. The second-order valence-electron chi connectivity index (χ2n) is 7.88. The minimum atomic E-state index is 0. The fourth-order valence-corrected chi connectivity index (χ4v) is 4.00. The second-order valence-corrected chi connectivity index (χ2v) is 7.88. The first kappa shape index (κ1) is 19.9. The normalized spacial score (nSPS) is 25.2. The maximum absolute atomic E-state index is 6.16. The van der Waals surface area contributed by atoms with E-state index in [-0.39, 0.29) is 29.6 Å². The number of ether oxygens (including phenoxy) is 1. The van der Waals surface area contributed by atoms with Crippen LogP contribution in [0.4, 0.5) is 0 Å². The largest absolute Gasteiger partial charge is 0.375 e. The number of halogens is 1. The summed E-state index contributed by atoms with van der Waals surface area (Å²) < 4.78 is 8.16. The number of nitrogens with one attached hydrogen (secondary N) is 2. The van der Waals surface area contributed by atoms with Crippen LogP contribution in [0.25, 0.3) is 0 Å². The molecule has 1 spiro atoms. The van der Waals surface area contributed by atoms with Crippen molar-refractivity contribution in [3.8, 4) is 0 Å². The average molecular weight is 474 g/mol. The summed E-state index contributed by atoms with van der Waals surface area (Å²) in [5.41, 5.74) is 0.126. The lowest BCUT2D eigenvalue weighted by Gasteiger charge is -2.39. The Morgan fingerprint density at radius 2 is 1.92 bits per heavy atom. The molecule has 1 aliphatic heterocycles. The molecule has 1 saturated heterocycles. The zero-order valence-electron chi connectivity index (χ0n) is 15.8. The van der Waals surface area contributed by atoms with E-state index in [1.54, 1.807) is 0 Å². The molecule has 146 valence electrons. The van der Waals surface area contributed by atoms with E-state index in [0.29, 0.717) is 18.6 Å². The zero-order valence-corrected chi connectivity index (χ0v) is 18.2. The van der Waals surface area contributed by atoms with Crippen molar-refractivity contribution >= 4 is 29.9 Å². The van der Waals surface area contributed by atoms with Crippen LogP contribution >= 0.6 is 24.0 Å². The van der Waals surface area contributed by atoms with Crippen molar-refractivity contribution in [1.29, 1.82) is 0 Å². The summed E-state index contributed by atoms with van der Waals surface area (Å²) in [6.45, 7) is 3.37. The van der Waals surface area contributed by atoms with E-state index in [4.69, 9.17) is 9.73 Å². The zero-order chi connectivity index (χ0) is 17.3. The van der Waals surface area contributed by atoms with Gasteiger partial charge in [0.2, 0.25) is 0 Å². The molecule has 26 heavy (non-hydrogen) atoms. The van der Waals surface area contributed by atoms with Gasteiger partial charge in [-0.25, -0.2) is 4.99 Å². The molecule has 1 aromatic rings. The fourth-order valence-electron chi connectivity index (χ4n) is 4.00. The highest BCUT2D eigenvalue weighted by Gasteiger charge is 2.40. The van der Waals surface area contributed by atoms with Crippen LogP contribution in [0.1, 0.15) is 63.0 Å². The Bertz CT molecular complexity index is 636. The molecule has 3 aliphatic rings. The molecule has 0 aromatic carbocycles. The molecule has 2 N–H and O–H groups in total. The Morgan fingerprint density at radius 3 is 2.58 bits per heavy atom. The molecule has 0 radical (unpaired) electrons. The Labute approximate surface area is 172 Å². The quantitative estimate of drug-likeness (QED) is 0.399. The first-order valence-corrected chi connectivity index (χ1v) is 9.70. The van der Waals surface area contributed by atoms with E-state index in [2.05, 4.69) is 20.8 Å². The van der Waals surface area contributed by atoms with Gasteiger partial charge in [0.05, 0.1) is 5.60 Å². The Morgan fingerprint density at radius 1 is 1.19 bits per heavy atom. The third-order valence-corrected chi connectivity index (χ3v) is 5.83. The summed E-state index contributed by atoms with van der Waals surface area (Å²) in [6.07, 6.45) is 9.66. The Hall–Kier alpha value is -0.900. The highest BCUT2D eigenvalue weighted by molar-refractivity contribution is 14.0. The molecule has 2 saturated carbocycles. The minimum Gasteiger partial charge on any atom is -0.375 e. The molecular weight excluding hydrogens is 443 g/mol. The number of nitrogens with zero attached hydrogens (tertiary/aromatic N) is 4. The summed E-state index contributed by atoms with van der Waals surface area (Å²) in [5.74, 6) is 2.74. The van der Waals surface area contributed by atoms with Crippen molar-refractivity contribution in [3.05, 3.63) is 11.6 Å². The lowest BCUT2D eigenvalue weighted by atomic mass is 9.89. The molecule has 0 bridgehead atoms. The summed E-state index contributed by atoms with van der Waals surface area (Å²) in [6, 6.07) is 1.02. The van der Waals surface area contributed by atoms with E-state index >= 15 is 0 Å².